The maximum Gasteiger partial charge on any atom is 0.333 e. The Morgan fingerprint density at radius 1 is 1.03 bits per heavy atom. The Kier molecular flexibility index (Phi) is 11.9. The first-order valence-corrected chi connectivity index (χ1v) is 14.2. The zero-order valence-electron chi connectivity index (χ0n) is 22.9. The minimum Gasteiger partial charge on any atom is -0.462 e. The molecule has 1 saturated carbocycles. The van der Waals surface area contributed by atoms with Gasteiger partial charge in [0.25, 0.3) is 0 Å². The summed E-state index contributed by atoms with van der Waals surface area (Å²) in [5, 5.41) is 18.6. The normalized spacial score (nSPS) is 17.6. The third-order valence-corrected chi connectivity index (χ3v) is 8.02. The molecule has 0 aliphatic heterocycles. The van der Waals surface area contributed by atoms with Gasteiger partial charge in [-0.15, -0.1) is 0 Å². The van der Waals surface area contributed by atoms with E-state index < -0.39 is 0 Å². The van der Waals surface area contributed by atoms with E-state index in [1.165, 1.54) is 53.5 Å². The summed E-state index contributed by atoms with van der Waals surface area (Å²) in [7, 11) is 0. The van der Waals surface area contributed by atoms with E-state index >= 15 is 0 Å². The van der Waals surface area contributed by atoms with Gasteiger partial charge in [-0.2, -0.15) is 0 Å². The molecule has 1 aliphatic carbocycles. The molecular formula is C33H46O4. The quantitative estimate of drug-likeness (QED) is 0.164. The fourth-order valence-corrected chi connectivity index (χ4v) is 5.59. The van der Waals surface area contributed by atoms with E-state index in [0.29, 0.717) is 18.1 Å². The second-order valence-electron chi connectivity index (χ2n) is 10.9. The van der Waals surface area contributed by atoms with Crippen molar-refractivity contribution in [3.8, 4) is 11.1 Å². The van der Waals surface area contributed by atoms with Gasteiger partial charge in [0, 0.05) is 24.7 Å². The second-order valence-corrected chi connectivity index (χ2v) is 10.9. The Morgan fingerprint density at radius 3 is 2.35 bits per heavy atom. The van der Waals surface area contributed by atoms with Gasteiger partial charge in [0.15, 0.2) is 0 Å². The lowest BCUT2D eigenvalue weighted by Gasteiger charge is -2.29. The lowest BCUT2D eigenvalue weighted by atomic mass is 9.77. The van der Waals surface area contributed by atoms with Crippen molar-refractivity contribution in [2.45, 2.75) is 84.0 Å². The molecule has 0 saturated heterocycles. The smallest absolute Gasteiger partial charge is 0.333 e. The Hall–Kier alpha value is -2.43. The molecule has 4 heteroatoms. The molecule has 2 N–H and O–H groups in total. The van der Waals surface area contributed by atoms with E-state index in [-0.39, 0.29) is 25.1 Å². The fraction of sp³-hybridized carbons (Fsp3) is 0.545. The zero-order valence-corrected chi connectivity index (χ0v) is 22.9. The van der Waals surface area contributed by atoms with E-state index in [2.05, 4.69) is 56.0 Å². The standard InChI is InChI=1S/C33H46O4/c1-4-28-21-26(7-5-8-27(22-34)23-35)12-19-32(28)31-17-15-30(16-18-31)29-13-10-25(11-14-29)9-6-20-37-33(36)24(2)3/h12,15-19,21,25,27,29,34-35H,2,4-11,13-14,20,22-23H2,1,3H3. The molecule has 0 unspecified atom stereocenters. The summed E-state index contributed by atoms with van der Waals surface area (Å²) in [5.41, 5.74) is 7.23. The molecule has 1 fully saturated rings. The first-order valence-electron chi connectivity index (χ1n) is 14.2. The maximum absolute atomic E-state index is 11.5. The van der Waals surface area contributed by atoms with Crippen LogP contribution in [0.1, 0.15) is 87.8 Å². The molecule has 2 aromatic rings. The third kappa shape index (κ3) is 8.83. The number of hydrogen-bond acceptors (Lipinski definition) is 4. The van der Waals surface area contributed by atoms with Gasteiger partial charge in [-0.3, -0.25) is 0 Å². The molecule has 0 bridgehead atoms. The number of esters is 1. The van der Waals surface area contributed by atoms with Crippen molar-refractivity contribution in [1.82, 2.24) is 0 Å². The average Bonchev–Trinajstić information content (AvgIpc) is 2.93. The summed E-state index contributed by atoms with van der Waals surface area (Å²) >= 11 is 0. The summed E-state index contributed by atoms with van der Waals surface area (Å²) in [6.45, 7) is 8.15. The van der Waals surface area contributed by atoms with Crippen LogP contribution < -0.4 is 0 Å². The van der Waals surface area contributed by atoms with Gasteiger partial charge in [-0.25, -0.2) is 4.79 Å². The number of rotatable bonds is 14. The first kappa shape index (κ1) is 29.1. The number of ether oxygens (including phenoxy) is 1. The topological polar surface area (TPSA) is 66.8 Å². The summed E-state index contributed by atoms with van der Waals surface area (Å²) in [5.74, 6) is 1.10. The minimum absolute atomic E-state index is 0.00296. The van der Waals surface area contributed by atoms with E-state index in [4.69, 9.17) is 4.74 Å². The Labute approximate surface area is 223 Å². The van der Waals surface area contributed by atoms with E-state index in [1.54, 1.807) is 6.92 Å². The van der Waals surface area contributed by atoms with Gasteiger partial charge >= 0.3 is 5.97 Å². The maximum atomic E-state index is 11.5. The largest absolute Gasteiger partial charge is 0.462 e. The molecule has 0 heterocycles. The van der Waals surface area contributed by atoms with Gasteiger partial charge < -0.3 is 14.9 Å². The highest BCUT2D eigenvalue weighted by Gasteiger charge is 2.22. The number of aryl methyl sites for hydroxylation is 2. The molecule has 202 valence electrons. The number of hydrogen-bond donors (Lipinski definition) is 2. The van der Waals surface area contributed by atoms with Crippen molar-refractivity contribution in [2.75, 3.05) is 19.8 Å². The minimum atomic E-state index is -0.277. The molecular weight excluding hydrogens is 460 g/mol. The highest BCUT2D eigenvalue weighted by Crippen LogP contribution is 2.38. The SMILES string of the molecule is C=C(C)C(=O)OCCCC1CCC(c2ccc(-c3ccc(CCCC(CO)CO)cc3CC)cc2)CC1. The van der Waals surface area contributed by atoms with Crippen LogP contribution in [0.3, 0.4) is 0 Å². The Bertz CT molecular complexity index is 982. The lowest BCUT2D eigenvalue weighted by Crippen LogP contribution is -2.14. The van der Waals surface area contributed by atoms with Crippen molar-refractivity contribution < 1.29 is 19.7 Å². The Balaban J connectivity index is 1.50. The molecule has 3 rings (SSSR count). The monoisotopic (exact) mass is 506 g/mol. The molecule has 0 amide bonds. The van der Waals surface area contributed by atoms with Crippen LogP contribution in [0, 0.1) is 11.8 Å². The highest BCUT2D eigenvalue weighted by atomic mass is 16.5. The van der Waals surface area contributed by atoms with Crippen molar-refractivity contribution in [1.29, 1.82) is 0 Å². The number of aliphatic hydroxyl groups is 2. The van der Waals surface area contributed by atoms with Gasteiger partial charge in [0.1, 0.15) is 0 Å². The van der Waals surface area contributed by atoms with Crippen LogP contribution in [0.5, 0.6) is 0 Å². The number of aliphatic hydroxyl groups excluding tert-OH is 2. The molecule has 0 atom stereocenters. The van der Waals surface area contributed by atoms with Crippen LogP contribution in [0.15, 0.2) is 54.6 Å². The van der Waals surface area contributed by atoms with Crippen LogP contribution in [0.2, 0.25) is 0 Å². The van der Waals surface area contributed by atoms with Crippen LogP contribution in [0.4, 0.5) is 0 Å². The summed E-state index contributed by atoms with van der Waals surface area (Å²) in [4.78, 5) is 11.5. The van der Waals surface area contributed by atoms with Crippen molar-refractivity contribution in [3.05, 3.63) is 71.3 Å². The summed E-state index contributed by atoms with van der Waals surface area (Å²) in [6.07, 6.45) is 10.8. The van der Waals surface area contributed by atoms with Crippen molar-refractivity contribution in [3.63, 3.8) is 0 Å². The van der Waals surface area contributed by atoms with Crippen LogP contribution in [-0.2, 0) is 22.4 Å². The van der Waals surface area contributed by atoms with Crippen LogP contribution in [-0.4, -0.2) is 36.0 Å². The molecule has 0 radical (unpaired) electrons. The van der Waals surface area contributed by atoms with Gasteiger partial charge in [0.05, 0.1) is 6.61 Å². The predicted octanol–water partition coefficient (Wildman–Crippen LogP) is 7.01. The molecule has 4 nitrogen and oxygen atoms in total. The molecule has 1 aliphatic rings. The molecule has 37 heavy (non-hydrogen) atoms. The number of carbonyl (C=O) groups excluding carboxylic acids is 1. The third-order valence-electron chi connectivity index (χ3n) is 8.02. The number of benzene rings is 2. The van der Waals surface area contributed by atoms with Gasteiger partial charge in [0.2, 0.25) is 0 Å². The van der Waals surface area contributed by atoms with Gasteiger partial charge in [-0.1, -0.05) is 56.0 Å². The highest BCUT2D eigenvalue weighted by molar-refractivity contribution is 5.86. The first-order chi connectivity index (χ1) is 17.9. The molecule has 2 aromatic carbocycles. The van der Waals surface area contributed by atoms with Crippen LogP contribution in [0.25, 0.3) is 11.1 Å². The number of carbonyl (C=O) groups is 1. The fourth-order valence-electron chi connectivity index (χ4n) is 5.59. The zero-order chi connectivity index (χ0) is 26.6. The van der Waals surface area contributed by atoms with Crippen LogP contribution >= 0.6 is 0 Å². The molecule has 0 aromatic heterocycles. The Morgan fingerprint density at radius 2 is 1.73 bits per heavy atom. The summed E-state index contributed by atoms with van der Waals surface area (Å²) < 4.78 is 5.23. The van der Waals surface area contributed by atoms with Crippen molar-refractivity contribution in [2.24, 2.45) is 11.8 Å². The van der Waals surface area contributed by atoms with E-state index in [1.807, 2.05) is 0 Å². The predicted molar refractivity (Wildman–Crippen MR) is 152 cm³/mol. The van der Waals surface area contributed by atoms with E-state index in [0.717, 1.165) is 44.4 Å². The second kappa shape index (κ2) is 15.1. The lowest BCUT2D eigenvalue weighted by molar-refractivity contribution is -0.139. The summed E-state index contributed by atoms with van der Waals surface area (Å²) in [6, 6.07) is 16.1. The van der Waals surface area contributed by atoms with Gasteiger partial charge in [-0.05, 0) is 111 Å². The van der Waals surface area contributed by atoms with Crippen molar-refractivity contribution >= 4 is 5.97 Å². The van der Waals surface area contributed by atoms with E-state index in [9.17, 15) is 15.0 Å². The average molecular weight is 507 g/mol. The molecule has 0 spiro atoms.